The number of carbonyl (C=O) groups excluding carboxylic acids is 1. The highest BCUT2D eigenvalue weighted by Gasteiger charge is 2.24. The maximum Gasteiger partial charge on any atom is 0.307 e. The van der Waals surface area contributed by atoms with Crippen LogP contribution < -0.4 is 0 Å². The highest BCUT2D eigenvalue weighted by atomic mass is 16.5. The Morgan fingerprint density at radius 2 is 1.62 bits per heavy atom. The molecule has 0 aromatic rings. The summed E-state index contributed by atoms with van der Waals surface area (Å²) in [4.78, 5) is 22.8. The van der Waals surface area contributed by atoms with Crippen molar-refractivity contribution in [3.05, 3.63) is 0 Å². The van der Waals surface area contributed by atoms with Crippen LogP contribution in [0, 0.1) is 0 Å². The van der Waals surface area contributed by atoms with E-state index in [0.29, 0.717) is 17.4 Å². The third-order valence-electron chi connectivity index (χ3n) is 3.84. The molecule has 0 rings (SSSR count). The molecule has 0 radical (unpaired) electrons. The second-order valence-corrected chi connectivity index (χ2v) is 7.55. The summed E-state index contributed by atoms with van der Waals surface area (Å²) >= 11 is 0. The number of aliphatic hydroxyl groups excluding tert-OH is 1. The first-order valence-electron chi connectivity index (χ1n) is 9.03. The minimum absolute atomic E-state index is 0.152. The molecule has 6 heteroatoms. The molecular weight excluding hydrogens is 310 g/mol. The number of unbranched alkanes of at least 4 members (excludes halogenated alkanes) is 4. The molecular formula is C18H36NO5+. The lowest BCUT2D eigenvalue weighted by atomic mass is 10.1. The number of likely N-dealkylation sites (N-methyl/N-ethyl adjacent to an activating group) is 1. The zero-order chi connectivity index (χ0) is 18.6. The molecule has 24 heavy (non-hydrogen) atoms. The van der Waals surface area contributed by atoms with Crippen LogP contribution in [0.3, 0.4) is 0 Å². The first-order valence-corrected chi connectivity index (χ1v) is 9.03. The highest BCUT2D eigenvalue weighted by Crippen LogP contribution is 2.12. The Hall–Kier alpha value is -1.14. The molecule has 0 aliphatic carbocycles. The summed E-state index contributed by atoms with van der Waals surface area (Å²) in [7, 11) is 5.83. The van der Waals surface area contributed by atoms with Crippen LogP contribution >= 0.6 is 0 Å². The number of nitrogens with zero attached hydrogens (tertiary/aromatic N) is 1. The van der Waals surface area contributed by atoms with E-state index >= 15 is 0 Å². The first-order chi connectivity index (χ1) is 11.1. The fourth-order valence-corrected chi connectivity index (χ4v) is 2.58. The molecule has 0 aromatic carbocycles. The van der Waals surface area contributed by atoms with E-state index in [-0.39, 0.29) is 18.5 Å². The Kier molecular flexibility index (Phi) is 11.7. The summed E-state index contributed by atoms with van der Waals surface area (Å²) in [5.74, 6) is -1.26. The first kappa shape index (κ1) is 22.9. The number of rotatable bonds is 14. The molecule has 6 nitrogen and oxygen atoms in total. The zero-order valence-electron chi connectivity index (χ0n) is 15.8. The van der Waals surface area contributed by atoms with Gasteiger partial charge in [-0.2, -0.15) is 0 Å². The van der Waals surface area contributed by atoms with Gasteiger partial charge < -0.3 is 19.4 Å². The van der Waals surface area contributed by atoms with Crippen molar-refractivity contribution in [2.24, 2.45) is 0 Å². The van der Waals surface area contributed by atoms with Crippen LogP contribution in [0.1, 0.15) is 64.7 Å². The maximum absolute atomic E-state index is 11.9. The SMILES string of the molecule is CCC(O)CCCCCCCC(=O)OC(CC(=O)O)C[N+](C)(C)C. The van der Waals surface area contributed by atoms with Gasteiger partial charge in [-0.25, -0.2) is 0 Å². The predicted octanol–water partition coefficient (Wildman–Crippen LogP) is 2.58. The van der Waals surface area contributed by atoms with E-state index in [0.717, 1.165) is 44.9 Å². The van der Waals surface area contributed by atoms with Crippen LogP contribution in [0.2, 0.25) is 0 Å². The van der Waals surface area contributed by atoms with Crippen molar-refractivity contribution in [3.63, 3.8) is 0 Å². The number of aliphatic hydroxyl groups is 1. The fourth-order valence-electron chi connectivity index (χ4n) is 2.58. The van der Waals surface area contributed by atoms with Crippen LogP contribution in [0.25, 0.3) is 0 Å². The monoisotopic (exact) mass is 346 g/mol. The Labute approximate surface area is 146 Å². The maximum atomic E-state index is 11.9. The number of carboxylic acids is 1. The molecule has 0 aliphatic rings. The Morgan fingerprint density at radius 1 is 1.04 bits per heavy atom. The average Bonchev–Trinajstić information content (AvgIpc) is 2.43. The van der Waals surface area contributed by atoms with Gasteiger partial charge in [-0.15, -0.1) is 0 Å². The van der Waals surface area contributed by atoms with Crippen molar-refractivity contribution in [2.45, 2.75) is 76.9 Å². The van der Waals surface area contributed by atoms with Crippen LogP contribution in [-0.4, -0.2) is 66.5 Å². The molecule has 0 saturated carbocycles. The summed E-state index contributed by atoms with van der Waals surface area (Å²) in [6.07, 6.45) is 5.91. The summed E-state index contributed by atoms with van der Waals surface area (Å²) in [6, 6.07) is 0. The van der Waals surface area contributed by atoms with Crippen molar-refractivity contribution in [1.29, 1.82) is 0 Å². The molecule has 0 amide bonds. The molecule has 0 fully saturated rings. The van der Waals surface area contributed by atoms with Crippen molar-refractivity contribution >= 4 is 11.9 Å². The molecule has 2 N–H and O–H groups in total. The number of quaternary nitrogens is 1. The summed E-state index contributed by atoms with van der Waals surface area (Å²) < 4.78 is 5.89. The number of hydrogen-bond donors (Lipinski definition) is 2. The minimum Gasteiger partial charge on any atom is -0.481 e. The van der Waals surface area contributed by atoms with Gasteiger partial charge in [0.1, 0.15) is 6.54 Å². The van der Waals surface area contributed by atoms with Gasteiger partial charge in [0.2, 0.25) is 0 Å². The summed E-state index contributed by atoms with van der Waals surface area (Å²) in [5, 5.41) is 18.4. The normalized spacial score (nSPS) is 14.2. The molecule has 0 aliphatic heterocycles. The quantitative estimate of drug-likeness (QED) is 0.287. The van der Waals surface area contributed by atoms with E-state index in [2.05, 4.69) is 0 Å². The largest absolute Gasteiger partial charge is 0.481 e. The number of aliphatic carboxylic acids is 1. The van der Waals surface area contributed by atoms with Gasteiger partial charge in [-0.1, -0.05) is 32.6 Å². The van der Waals surface area contributed by atoms with Crippen LogP contribution in [0.15, 0.2) is 0 Å². The van der Waals surface area contributed by atoms with Gasteiger partial charge >= 0.3 is 11.9 Å². The molecule has 2 atom stereocenters. The molecule has 0 heterocycles. The molecule has 0 bridgehead atoms. The number of esters is 1. The van der Waals surface area contributed by atoms with E-state index in [9.17, 15) is 14.7 Å². The summed E-state index contributed by atoms with van der Waals surface area (Å²) in [5.41, 5.74) is 0. The second kappa shape index (κ2) is 12.3. The van der Waals surface area contributed by atoms with Gasteiger partial charge in [0.05, 0.1) is 33.7 Å². The fraction of sp³-hybridized carbons (Fsp3) is 0.889. The third-order valence-corrected chi connectivity index (χ3v) is 3.84. The van der Waals surface area contributed by atoms with E-state index < -0.39 is 12.1 Å². The van der Waals surface area contributed by atoms with E-state index in [1.165, 1.54) is 0 Å². The average molecular weight is 346 g/mol. The molecule has 0 spiro atoms. The van der Waals surface area contributed by atoms with Crippen LogP contribution in [0.5, 0.6) is 0 Å². The molecule has 0 aromatic heterocycles. The van der Waals surface area contributed by atoms with Crippen molar-refractivity contribution in [3.8, 4) is 0 Å². The lowest BCUT2D eigenvalue weighted by molar-refractivity contribution is -0.873. The highest BCUT2D eigenvalue weighted by molar-refractivity contribution is 5.71. The Bertz CT molecular complexity index is 365. The lowest BCUT2D eigenvalue weighted by Gasteiger charge is -2.28. The standard InChI is InChI=1S/C18H35NO5/c1-5-15(20)11-9-7-6-8-10-12-18(23)24-16(13-17(21)22)14-19(2,3)4/h15-16,20H,5-14H2,1-4H3/p+1. The van der Waals surface area contributed by atoms with E-state index in [1.54, 1.807) is 0 Å². The van der Waals surface area contributed by atoms with Crippen molar-refractivity contribution in [2.75, 3.05) is 27.7 Å². The van der Waals surface area contributed by atoms with Crippen molar-refractivity contribution in [1.82, 2.24) is 0 Å². The molecule has 142 valence electrons. The van der Waals surface area contributed by atoms with Gasteiger partial charge in [-0.05, 0) is 19.3 Å². The van der Waals surface area contributed by atoms with Gasteiger partial charge in [0.15, 0.2) is 6.10 Å². The van der Waals surface area contributed by atoms with Gasteiger partial charge in [0, 0.05) is 6.42 Å². The topological polar surface area (TPSA) is 83.8 Å². The van der Waals surface area contributed by atoms with Crippen LogP contribution in [-0.2, 0) is 14.3 Å². The Balaban J connectivity index is 3.90. The summed E-state index contributed by atoms with van der Waals surface area (Å²) in [6.45, 7) is 2.46. The van der Waals surface area contributed by atoms with E-state index in [1.807, 2.05) is 28.1 Å². The smallest absolute Gasteiger partial charge is 0.307 e. The minimum atomic E-state index is -0.949. The number of carbonyl (C=O) groups is 2. The number of carboxylic acid groups (broad SMARTS) is 1. The van der Waals surface area contributed by atoms with Crippen LogP contribution in [0.4, 0.5) is 0 Å². The van der Waals surface area contributed by atoms with E-state index in [4.69, 9.17) is 9.84 Å². The number of ether oxygens (including phenoxy) is 1. The predicted molar refractivity (Wildman–Crippen MR) is 93.6 cm³/mol. The second-order valence-electron chi connectivity index (χ2n) is 7.55. The zero-order valence-corrected chi connectivity index (χ0v) is 15.8. The molecule has 2 unspecified atom stereocenters. The Morgan fingerprint density at radius 3 is 2.17 bits per heavy atom. The van der Waals surface area contributed by atoms with Crippen molar-refractivity contribution < 1.29 is 29.0 Å². The third kappa shape index (κ3) is 14.5. The van der Waals surface area contributed by atoms with Gasteiger partial charge in [0.25, 0.3) is 0 Å². The van der Waals surface area contributed by atoms with Gasteiger partial charge in [-0.3, -0.25) is 9.59 Å². The lowest BCUT2D eigenvalue weighted by Crippen LogP contribution is -2.43. The number of hydrogen-bond acceptors (Lipinski definition) is 4. The molecule has 0 saturated heterocycles.